The summed E-state index contributed by atoms with van der Waals surface area (Å²) in [5.41, 5.74) is 0.900. The van der Waals surface area contributed by atoms with E-state index in [2.05, 4.69) is 10.6 Å². The zero-order chi connectivity index (χ0) is 14.4. The van der Waals surface area contributed by atoms with E-state index in [-0.39, 0.29) is 5.82 Å². The van der Waals surface area contributed by atoms with Crippen molar-refractivity contribution in [3.63, 3.8) is 0 Å². The van der Waals surface area contributed by atoms with Gasteiger partial charge in [0.2, 0.25) is 0 Å². The number of hydrogen-bond acceptors (Lipinski definition) is 1. The third-order valence-corrected chi connectivity index (χ3v) is 2.83. The molecule has 0 atom stereocenters. The van der Waals surface area contributed by atoms with Crippen molar-refractivity contribution in [2.75, 3.05) is 5.32 Å². The second kappa shape index (κ2) is 6.73. The van der Waals surface area contributed by atoms with Crippen LogP contribution in [0.15, 0.2) is 54.7 Å². The highest BCUT2D eigenvalue weighted by atomic mass is 35.5. The minimum absolute atomic E-state index is 0.350. The van der Waals surface area contributed by atoms with Crippen molar-refractivity contribution in [3.8, 4) is 0 Å². The highest BCUT2D eigenvalue weighted by Gasteiger charge is 2.02. The number of carbonyl (C=O) groups excluding carboxylic acids is 1. The van der Waals surface area contributed by atoms with Gasteiger partial charge < -0.3 is 10.6 Å². The van der Waals surface area contributed by atoms with Gasteiger partial charge in [-0.1, -0.05) is 41.9 Å². The second-order valence-corrected chi connectivity index (χ2v) is 4.34. The maximum absolute atomic E-state index is 13.3. The largest absolute Gasteiger partial charge is 0.323 e. The Kier molecular flexibility index (Phi) is 4.74. The molecule has 0 fully saturated rings. The zero-order valence-corrected chi connectivity index (χ0v) is 11.2. The summed E-state index contributed by atoms with van der Waals surface area (Å²) in [6.45, 7) is 0. The molecule has 2 amide bonds. The molecule has 2 rings (SSSR count). The van der Waals surface area contributed by atoms with Crippen molar-refractivity contribution < 1.29 is 9.18 Å². The van der Waals surface area contributed by atoms with Gasteiger partial charge in [-0.15, -0.1) is 0 Å². The fourth-order valence-corrected chi connectivity index (χ4v) is 1.72. The maximum Gasteiger partial charge on any atom is 0.323 e. The number of amides is 2. The smallest absolute Gasteiger partial charge is 0.314 e. The molecule has 2 N–H and O–H groups in total. The number of nitrogens with one attached hydrogen (secondary N) is 2. The van der Waals surface area contributed by atoms with E-state index in [0.29, 0.717) is 16.3 Å². The van der Waals surface area contributed by atoms with Crippen molar-refractivity contribution in [1.82, 2.24) is 5.32 Å². The molecule has 0 aliphatic carbocycles. The number of carbonyl (C=O) groups is 1. The molecule has 20 heavy (non-hydrogen) atoms. The van der Waals surface area contributed by atoms with Gasteiger partial charge in [-0.2, -0.15) is 0 Å². The molecule has 0 unspecified atom stereocenters. The number of rotatable bonds is 3. The Balaban J connectivity index is 1.93. The number of halogens is 2. The molecule has 102 valence electrons. The minimum atomic E-state index is -0.453. The van der Waals surface area contributed by atoms with Crippen molar-refractivity contribution in [2.45, 2.75) is 0 Å². The van der Waals surface area contributed by atoms with Crippen LogP contribution in [0.1, 0.15) is 5.56 Å². The quantitative estimate of drug-likeness (QED) is 0.871. The van der Waals surface area contributed by atoms with Crippen LogP contribution < -0.4 is 10.6 Å². The summed E-state index contributed by atoms with van der Waals surface area (Å²) >= 11 is 5.91. The second-order valence-electron chi connectivity index (χ2n) is 3.93. The van der Waals surface area contributed by atoms with Crippen LogP contribution in [0, 0.1) is 5.82 Å². The maximum atomic E-state index is 13.3. The van der Waals surface area contributed by atoms with Gasteiger partial charge in [0.05, 0.1) is 10.7 Å². The van der Waals surface area contributed by atoms with E-state index in [4.69, 9.17) is 11.6 Å². The van der Waals surface area contributed by atoms with E-state index in [1.165, 1.54) is 18.3 Å². The Hall–Kier alpha value is -2.33. The van der Waals surface area contributed by atoms with Crippen LogP contribution in [0.3, 0.4) is 0 Å². The Morgan fingerprint density at radius 3 is 2.55 bits per heavy atom. The van der Waals surface area contributed by atoms with Gasteiger partial charge in [-0.25, -0.2) is 9.18 Å². The number of urea groups is 1. The van der Waals surface area contributed by atoms with Crippen LogP contribution in [0.4, 0.5) is 14.9 Å². The molecule has 0 aliphatic heterocycles. The van der Waals surface area contributed by atoms with Crippen LogP contribution in [0.5, 0.6) is 0 Å². The lowest BCUT2D eigenvalue weighted by atomic mass is 10.2. The van der Waals surface area contributed by atoms with Crippen LogP contribution in [0.25, 0.3) is 6.08 Å². The van der Waals surface area contributed by atoms with Gasteiger partial charge in [-0.3, -0.25) is 0 Å². The zero-order valence-electron chi connectivity index (χ0n) is 10.4. The van der Waals surface area contributed by atoms with Crippen LogP contribution in [0.2, 0.25) is 5.02 Å². The third-order valence-electron chi connectivity index (χ3n) is 2.50. The number of anilines is 1. The van der Waals surface area contributed by atoms with E-state index < -0.39 is 6.03 Å². The molecule has 0 aromatic heterocycles. The highest BCUT2D eigenvalue weighted by molar-refractivity contribution is 6.33. The number of hydrogen-bond donors (Lipinski definition) is 2. The molecule has 0 saturated carbocycles. The van der Waals surface area contributed by atoms with E-state index in [1.807, 2.05) is 0 Å². The average molecular weight is 291 g/mol. The molecular formula is C15H12ClFN2O. The summed E-state index contributed by atoms with van der Waals surface area (Å²) in [7, 11) is 0. The minimum Gasteiger partial charge on any atom is -0.314 e. The first-order valence-electron chi connectivity index (χ1n) is 5.90. The molecule has 3 nitrogen and oxygen atoms in total. The number of para-hydroxylation sites is 1. The van der Waals surface area contributed by atoms with Crippen molar-refractivity contribution in [3.05, 3.63) is 71.1 Å². The lowest BCUT2D eigenvalue weighted by Crippen LogP contribution is -2.23. The first-order chi connectivity index (χ1) is 9.66. The van der Waals surface area contributed by atoms with Crippen molar-refractivity contribution >= 4 is 29.4 Å². The molecule has 0 radical (unpaired) electrons. The average Bonchev–Trinajstić information content (AvgIpc) is 2.43. The van der Waals surface area contributed by atoms with Crippen LogP contribution in [-0.2, 0) is 0 Å². The van der Waals surface area contributed by atoms with E-state index in [0.717, 1.165) is 0 Å². The van der Waals surface area contributed by atoms with E-state index in [9.17, 15) is 9.18 Å². The van der Waals surface area contributed by atoms with Crippen LogP contribution >= 0.6 is 11.6 Å². The molecular weight excluding hydrogens is 279 g/mol. The van der Waals surface area contributed by atoms with Gasteiger partial charge in [0.1, 0.15) is 5.82 Å². The normalized spacial score (nSPS) is 10.5. The predicted molar refractivity (Wildman–Crippen MR) is 79.0 cm³/mol. The molecule has 0 bridgehead atoms. The summed E-state index contributed by atoms with van der Waals surface area (Å²) in [6.07, 6.45) is 2.84. The number of benzene rings is 2. The molecule has 0 spiro atoms. The molecule has 2 aromatic rings. The van der Waals surface area contributed by atoms with E-state index >= 15 is 0 Å². The molecule has 0 saturated heterocycles. The lowest BCUT2D eigenvalue weighted by Gasteiger charge is -2.06. The van der Waals surface area contributed by atoms with Gasteiger partial charge in [0.25, 0.3) is 0 Å². The van der Waals surface area contributed by atoms with Gasteiger partial charge in [0.15, 0.2) is 0 Å². The summed E-state index contributed by atoms with van der Waals surface area (Å²) in [4.78, 5) is 11.6. The van der Waals surface area contributed by atoms with Crippen LogP contribution in [-0.4, -0.2) is 6.03 Å². The standard InChI is InChI=1S/C15H12ClFN2O/c16-12-6-2-4-8-14(12)19-15(20)18-10-9-11-5-1-3-7-13(11)17/h1-10H,(H2,18,19,20)/b10-9+. The molecule has 0 aliphatic rings. The summed E-state index contributed by atoms with van der Waals surface area (Å²) in [5.74, 6) is -0.350. The Morgan fingerprint density at radius 1 is 1.10 bits per heavy atom. The SMILES string of the molecule is O=C(N/C=C/c1ccccc1F)Nc1ccccc1Cl. The first kappa shape index (κ1) is 14.1. The Labute approximate surface area is 121 Å². The molecule has 2 aromatic carbocycles. The van der Waals surface area contributed by atoms with Crippen molar-refractivity contribution in [2.24, 2.45) is 0 Å². The fourth-order valence-electron chi connectivity index (χ4n) is 1.54. The Bertz CT molecular complexity index is 643. The summed E-state index contributed by atoms with van der Waals surface area (Å²) < 4.78 is 13.3. The van der Waals surface area contributed by atoms with Crippen molar-refractivity contribution in [1.29, 1.82) is 0 Å². The molecule has 5 heteroatoms. The fraction of sp³-hybridized carbons (Fsp3) is 0. The van der Waals surface area contributed by atoms with E-state index in [1.54, 1.807) is 42.5 Å². The predicted octanol–water partition coefficient (Wildman–Crippen LogP) is 4.27. The molecule has 0 heterocycles. The highest BCUT2D eigenvalue weighted by Crippen LogP contribution is 2.20. The topological polar surface area (TPSA) is 41.1 Å². The first-order valence-corrected chi connectivity index (χ1v) is 6.28. The monoisotopic (exact) mass is 290 g/mol. The summed E-state index contributed by atoms with van der Waals surface area (Å²) in [6, 6.07) is 12.7. The third kappa shape index (κ3) is 3.83. The van der Waals surface area contributed by atoms with Gasteiger partial charge in [0, 0.05) is 11.8 Å². The Morgan fingerprint density at radius 2 is 1.80 bits per heavy atom. The summed E-state index contributed by atoms with van der Waals surface area (Å²) in [5, 5.41) is 5.51. The van der Waals surface area contributed by atoms with Gasteiger partial charge >= 0.3 is 6.03 Å². The lowest BCUT2D eigenvalue weighted by molar-refractivity contribution is 0.255. The van der Waals surface area contributed by atoms with Gasteiger partial charge in [-0.05, 0) is 24.3 Å².